The third-order valence-electron chi connectivity index (χ3n) is 4.29. The van der Waals surface area contributed by atoms with Gasteiger partial charge >= 0.3 is 0 Å². The van der Waals surface area contributed by atoms with Crippen LogP contribution in [0.4, 0.5) is 0 Å². The quantitative estimate of drug-likeness (QED) is 0.857. The Hall–Kier alpha value is -2.13. The van der Waals surface area contributed by atoms with E-state index in [1.165, 1.54) is 18.5 Å². The van der Waals surface area contributed by atoms with Crippen LogP contribution >= 0.6 is 0 Å². The van der Waals surface area contributed by atoms with Crippen molar-refractivity contribution in [3.05, 3.63) is 35.3 Å². The molecule has 4 rings (SSSR count). The van der Waals surface area contributed by atoms with Gasteiger partial charge in [-0.05, 0) is 19.3 Å². The van der Waals surface area contributed by atoms with Gasteiger partial charge in [0, 0.05) is 25.7 Å². The maximum absolute atomic E-state index is 8.82. The van der Waals surface area contributed by atoms with Crippen LogP contribution in [-0.2, 0) is 19.4 Å². The van der Waals surface area contributed by atoms with E-state index in [-0.39, 0.29) is 0 Å². The maximum atomic E-state index is 8.82. The van der Waals surface area contributed by atoms with Crippen LogP contribution in [0.2, 0.25) is 0 Å². The van der Waals surface area contributed by atoms with Crippen LogP contribution in [0.25, 0.3) is 0 Å². The fourth-order valence-electron chi connectivity index (χ4n) is 3.10. The summed E-state index contributed by atoms with van der Waals surface area (Å²) in [6.45, 7) is 2.63. The van der Waals surface area contributed by atoms with Crippen molar-refractivity contribution in [3.8, 4) is 6.07 Å². The van der Waals surface area contributed by atoms with Crippen LogP contribution in [0.5, 0.6) is 0 Å². The SMILES string of the molecule is N#Cc1cnn(C2CN(Cc3nc4c(o3)CCCC4)C2)c1. The van der Waals surface area contributed by atoms with Crippen molar-refractivity contribution in [2.24, 2.45) is 0 Å². The first-order valence-electron chi connectivity index (χ1n) is 7.46. The first kappa shape index (κ1) is 12.6. The van der Waals surface area contributed by atoms with Gasteiger partial charge in [-0.15, -0.1) is 0 Å². The van der Waals surface area contributed by atoms with Gasteiger partial charge in [0.1, 0.15) is 11.8 Å². The molecule has 1 aliphatic carbocycles. The van der Waals surface area contributed by atoms with Crippen molar-refractivity contribution in [2.45, 2.75) is 38.3 Å². The standard InChI is InChI=1S/C15H17N5O/c16-5-11-6-17-20(7-11)12-8-19(9-12)10-15-18-13-3-1-2-4-14(13)21-15/h6-7,12H,1-4,8-10H2. The Morgan fingerprint density at radius 3 is 2.95 bits per heavy atom. The number of aromatic nitrogens is 3. The summed E-state index contributed by atoms with van der Waals surface area (Å²) in [5.41, 5.74) is 1.79. The monoisotopic (exact) mass is 283 g/mol. The van der Waals surface area contributed by atoms with Crippen molar-refractivity contribution in [3.63, 3.8) is 0 Å². The highest BCUT2D eigenvalue weighted by Gasteiger charge is 2.30. The largest absolute Gasteiger partial charge is 0.444 e. The van der Waals surface area contributed by atoms with Gasteiger partial charge in [-0.2, -0.15) is 10.4 Å². The highest BCUT2D eigenvalue weighted by molar-refractivity contribution is 5.22. The second-order valence-electron chi connectivity index (χ2n) is 5.85. The number of nitrogens with zero attached hydrogens (tertiary/aromatic N) is 5. The molecule has 0 bridgehead atoms. The van der Waals surface area contributed by atoms with Crippen LogP contribution in [0.3, 0.4) is 0 Å². The molecule has 1 fully saturated rings. The van der Waals surface area contributed by atoms with Crippen molar-refractivity contribution < 1.29 is 4.42 Å². The lowest BCUT2D eigenvalue weighted by Crippen LogP contribution is -2.47. The molecule has 2 aromatic rings. The number of hydrogen-bond acceptors (Lipinski definition) is 5. The Balaban J connectivity index is 1.36. The summed E-state index contributed by atoms with van der Waals surface area (Å²) in [6, 6.07) is 2.47. The Bertz CT molecular complexity index is 666. The van der Waals surface area contributed by atoms with E-state index in [9.17, 15) is 0 Å². The highest BCUT2D eigenvalue weighted by Crippen LogP contribution is 2.26. The number of aryl methyl sites for hydroxylation is 2. The summed E-state index contributed by atoms with van der Waals surface area (Å²) in [6.07, 6.45) is 7.97. The molecule has 0 spiro atoms. The number of hydrogen-bond donors (Lipinski definition) is 0. The molecule has 21 heavy (non-hydrogen) atoms. The van der Waals surface area contributed by atoms with Gasteiger partial charge in [0.15, 0.2) is 0 Å². The number of fused-ring (bicyclic) bond motifs is 1. The van der Waals surface area contributed by atoms with Crippen molar-refractivity contribution in [2.75, 3.05) is 13.1 Å². The summed E-state index contributed by atoms with van der Waals surface area (Å²) in [5.74, 6) is 1.94. The molecular formula is C15H17N5O. The third kappa shape index (κ3) is 2.34. The van der Waals surface area contributed by atoms with Crippen LogP contribution in [0.15, 0.2) is 16.8 Å². The van der Waals surface area contributed by atoms with E-state index in [0.29, 0.717) is 11.6 Å². The third-order valence-corrected chi connectivity index (χ3v) is 4.29. The fraction of sp³-hybridized carbons (Fsp3) is 0.533. The number of rotatable bonds is 3. The lowest BCUT2D eigenvalue weighted by molar-refractivity contribution is 0.0811. The number of oxazole rings is 1. The van der Waals surface area contributed by atoms with Gasteiger partial charge in [-0.3, -0.25) is 9.58 Å². The molecule has 2 aliphatic rings. The van der Waals surface area contributed by atoms with Gasteiger partial charge in [0.05, 0.1) is 30.0 Å². The minimum atomic E-state index is 0.358. The molecule has 108 valence electrons. The van der Waals surface area contributed by atoms with E-state index in [4.69, 9.17) is 9.68 Å². The normalized spacial score (nSPS) is 19.0. The molecule has 1 aliphatic heterocycles. The van der Waals surface area contributed by atoms with Crippen LogP contribution in [0.1, 0.15) is 41.8 Å². The summed E-state index contributed by atoms with van der Waals surface area (Å²) in [4.78, 5) is 6.92. The number of likely N-dealkylation sites (tertiary alicyclic amines) is 1. The van der Waals surface area contributed by atoms with Crippen molar-refractivity contribution in [1.29, 1.82) is 5.26 Å². The first-order valence-corrected chi connectivity index (χ1v) is 7.46. The maximum Gasteiger partial charge on any atom is 0.208 e. The van der Waals surface area contributed by atoms with Crippen molar-refractivity contribution >= 4 is 0 Å². The summed E-state index contributed by atoms with van der Waals surface area (Å²) in [7, 11) is 0. The molecule has 3 heterocycles. The average molecular weight is 283 g/mol. The topological polar surface area (TPSA) is 70.9 Å². The number of nitriles is 1. The molecular weight excluding hydrogens is 266 g/mol. The molecule has 0 saturated carbocycles. The fourth-order valence-corrected chi connectivity index (χ4v) is 3.10. The van der Waals surface area contributed by atoms with E-state index in [2.05, 4.69) is 21.1 Å². The molecule has 0 unspecified atom stereocenters. The predicted molar refractivity (Wildman–Crippen MR) is 74.4 cm³/mol. The summed E-state index contributed by atoms with van der Waals surface area (Å²) in [5, 5.41) is 13.0. The van der Waals surface area contributed by atoms with Gasteiger partial charge in [0.2, 0.25) is 5.89 Å². The Morgan fingerprint density at radius 1 is 1.33 bits per heavy atom. The molecule has 2 aromatic heterocycles. The minimum absolute atomic E-state index is 0.358. The lowest BCUT2D eigenvalue weighted by Gasteiger charge is -2.38. The van der Waals surface area contributed by atoms with Crippen LogP contribution in [0, 0.1) is 11.3 Å². The predicted octanol–water partition coefficient (Wildman–Crippen LogP) is 1.68. The molecule has 6 nitrogen and oxygen atoms in total. The second-order valence-corrected chi connectivity index (χ2v) is 5.85. The van der Waals surface area contributed by atoms with Crippen LogP contribution < -0.4 is 0 Å². The molecule has 6 heteroatoms. The molecule has 1 saturated heterocycles. The molecule has 0 atom stereocenters. The Labute approximate surface area is 123 Å². The van der Waals surface area contributed by atoms with E-state index >= 15 is 0 Å². The molecule has 0 N–H and O–H groups in total. The van der Waals surface area contributed by atoms with Gasteiger partial charge in [-0.1, -0.05) is 0 Å². The Kier molecular flexibility index (Phi) is 3.00. The van der Waals surface area contributed by atoms with Gasteiger partial charge in [-0.25, -0.2) is 4.98 Å². The van der Waals surface area contributed by atoms with E-state index < -0.39 is 0 Å². The van der Waals surface area contributed by atoms with E-state index in [1.807, 2.05) is 10.9 Å². The van der Waals surface area contributed by atoms with E-state index in [0.717, 1.165) is 44.1 Å². The zero-order valence-corrected chi connectivity index (χ0v) is 11.8. The smallest absolute Gasteiger partial charge is 0.208 e. The highest BCUT2D eigenvalue weighted by atomic mass is 16.4. The molecule has 0 aromatic carbocycles. The lowest BCUT2D eigenvalue weighted by atomic mass is 10.0. The summed E-state index contributed by atoms with van der Waals surface area (Å²) >= 11 is 0. The first-order chi connectivity index (χ1) is 10.3. The van der Waals surface area contributed by atoms with Crippen LogP contribution in [-0.4, -0.2) is 32.8 Å². The van der Waals surface area contributed by atoms with Gasteiger partial charge < -0.3 is 4.42 Å². The average Bonchev–Trinajstić information content (AvgIpc) is 3.08. The molecule has 0 radical (unpaired) electrons. The Morgan fingerprint density at radius 2 is 2.19 bits per heavy atom. The zero-order chi connectivity index (χ0) is 14.2. The second kappa shape index (κ2) is 5.01. The summed E-state index contributed by atoms with van der Waals surface area (Å²) < 4.78 is 7.74. The van der Waals surface area contributed by atoms with E-state index in [1.54, 1.807) is 6.20 Å². The van der Waals surface area contributed by atoms with Gasteiger partial charge in [0.25, 0.3) is 0 Å². The minimum Gasteiger partial charge on any atom is -0.444 e. The zero-order valence-electron chi connectivity index (χ0n) is 11.8. The van der Waals surface area contributed by atoms with Crippen molar-refractivity contribution in [1.82, 2.24) is 19.7 Å². The molecule has 0 amide bonds.